The number of hydrogen-bond acceptors (Lipinski definition) is 2. The molecule has 0 bridgehead atoms. The van der Waals surface area contributed by atoms with E-state index < -0.39 is 35.6 Å². The third kappa shape index (κ3) is 5.59. The molecule has 2 aromatic rings. The number of alkyl halides is 6. The van der Waals surface area contributed by atoms with Crippen molar-refractivity contribution in [3.8, 4) is 0 Å². The van der Waals surface area contributed by atoms with Crippen LogP contribution in [0.2, 0.25) is 0 Å². The van der Waals surface area contributed by atoms with Crippen LogP contribution in [0.5, 0.6) is 0 Å². The third-order valence-electron chi connectivity index (χ3n) is 5.00. The van der Waals surface area contributed by atoms with Crippen molar-refractivity contribution in [3.05, 3.63) is 70.8 Å². The maximum Gasteiger partial charge on any atom is 0.522 e. The summed E-state index contributed by atoms with van der Waals surface area (Å²) in [6.07, 6.45) is -9.47. The highest BCUT2D eigenvalue weighted by molar-refractivity contribution is 5.99. The first-order valence-corrected chi connectivity index (χ1v) is 9.06. The van der Waals surface area contributed by atoms with Crippen LogP contribution >= 0.6 is 0 Å². The second kappa shape index (κ2) is 8.18. The van der Waals surface area contributed by atoms with E-state index in [-0.39, 0.29) is 25.2 Å². The summed E-state index contributed by atoms with van der Waals surface area (Å²) in [6.45, 7) is 0. The molecule has 156 valence electrons. The Hall–Kier alpha value is -2.35. The van der Waals surface area contributed by atoms with Gasteiger partial charge in [0.1, 0.15) is 0 Å². The predicted octanol–water partition coefficient (Wildman–Crippen LogP) is 6.30. The maximum atomic E-state index is 13.1. The van der Waals surface area contributed by atoms with Crippen LogP contribution in [0.3, 0.4) is 0 Å². The number of ether oxygens (including phenoxy) is 1. The van der Waals surface area contributed by atoms with E-state index in [4.69, 9.17) is 0 Å². The minimum Gasteiger partial charge on any atom is -0.294 e. The van der Waals surface area contributed by atoms with E-state index in [9.17, 15) is 31.1 Å². The number of carbonyl (C=O) groups is 1. The van der Waals surface area contributed by atoms with Crippen molar-refractivity contribution < 1.29 is 35.9 Å². The van der Waals surface area contributed by atoms with Crippen LogP contribution in [-0.4, -0.2) is 18.2 Å². The Morgan fingerprint density at radius 3 is 2.38 bits per heavy atom. The normalized spacial score (nSPS) is 20.1. The summed E-state index contributed by atoms with van der Waals surface area (Å²) < 4.78 is 80.6. The molecule has 0 saturated heterocycles. The number of rotatable bonds is 5. The van der Waals surface area contributed by atoms with E-state index in [1.165, 1.54) is 12.1 Å². The first kappa shape index (κ1) is 21.4. The van der Waals surface area contributed by atoms with Crippen molar-refractivity contribution in [1.29, 1.82) is 0 Å². The molecule has 0 aliphatic heterocycles. The Morgan fingerprint density at radius 2 is 1.69 bits per heavy atom. The van der Waals surface area contributed by atoms with Crippen LogP contribution in [0, 0.1) is 0 Å². The average molecular weight is 416 g/mol. The number of Topliss-reactive ketones (excluding diaryl/α,β-unsaturated/α-hetero) is 1. The van der Waals surface area contributed by atoms with Crippen LogP contribution in [0.25, 0.3) is 0 Å². The Morgan fingerprint density at radius 1 is 0.966 bits per heavy atom. The number of carbonyl (C=O) groups excluding carboxylic acids is 1. The van der Waals surface area contributed by atoms with Crippen molar-refractivity contribution in [1.82, 2.24) is 0 Å². The lowest BCUT2D eigenvalue weighted by Crippen LogP contribution is -2.21. The molecule has 0 amide bonds. The van der Waals surface area contributed by atoms with Gasteiger partial charge in [-0.2, -0.15) is 13.2 Å². The van der Waals surface area contributed by atoms with Crippen LogP contribution in [-0.2, 0) is 17.3 Å². The van der Waals surface area contributed by atoms with Gasteiger partial charge in [-0.3, -0.25) is 9.53 Å². The van der Waals surface area contributed by atoms with Gasteiger partial charge in [-0.1, -0.05) is 42.5 Å². The summed E-state index contributed by atoms with van der Waals surface area (Å²) in [5.41, 5.74) is -0.105. The zero-order valence-electron chi connectivity index (χ0n) is 15.2. The van der Waals surface area contributed by atoms with Gasteiger partial charge in [-0.25, -0.2) is 0 Å². The molecule has 1 unspecified atom stereocenters. The first-order chi connectivity index (χ1) is 13.5. The number of hydrogen-bond donors (Lipinski definition) is 0. The fourth-order valence-electron chi connectivity index (χ4n) is 3.75. The van der Waals surface area contributed by atoms with E-state index in [0.717, 1.165) is 17.7 Å². The fraction of sp³-hybridized carbons (Fsp3) is 0.381. The van der Waals surface area contributed by atoms with E-state index in [0.29, 0.717) is 12.0 Å². The lowest BCUT2D eigenvalue weighted by molar-refractivity contribution is -0.341. The highest BCUT2D eigenvalue weighted by Crippen LogP contribution is 2.39. The third-order valence-corrected chi connectivity index (χ3v) is 5.00. The Balaban J connectivity index is 1.72. The van der Waals surface area contributed by atoms with Crippen LogP contribution < -0.4 is 0 Å². The zero-order chi connectivity index (χ0) is 21.2. The molecular formula is C21H18F6O2. The van der Waals surface area contributed by atoms with E-state index in [1.807, 2.05) is 0 Å². The fourth-order valence-corrected chi connectivity index (χ4v) is 3.75. The van der Waals surface area contributed by atoms with Gasteiger partial charge in [0, 0.05) is 12.0 Å². The predicted molar refractivity (Wildman–Crippen MR) is 93.4 cm³/mol. The van der Waals surface area contributed by atoms with Crippen molar-refractivity contribution in [2.24, 2.45) is 0 Å². The lowest BCUT2D eigenvalue weighted by Gasteiger charge is -2.15. The molecule has 29 heavy (non-hydrogen) atoms. The molecule has 2 atom stereocenters. The summed E-state index contributed by atoms with van der Waals surface area (Å²) in [7, 11) is 0. The smallest absolute Gasteiger partial charge is 0.294 e. The molecule has 0 heterocycles. The molecule has 0 N–H and O–H groups in total. The summed E-state index contributed by atoms with van der Waals surface area (Å²) in [4.78, 5) is 12.5. The SMILES string of the molecule is O=C(Cc1cccc([C@H]2CCC(OC(F)(F)F)C2)c1)c1ccccc1C(F)(F)F. The van der Waals surface area contributed by atoms with Gasteiger partial charge in [0.25, 0.3) is 0 Å². The number of halogens is 6. The van der Waals surface area contributed by atoms with Gasteiger partial charge >= 0.3 is 12.5 Å². The second-order valence-electron chi connectivity index (χ2n) is 7.08. The van der Waals surface area contributed by atoms with Crippen molar-refractivity contribution in [3.63, 3.8) is 0 Å². The van der Waals surface area contributed by atoms with Gasteiger partial charge in [0.15, 0.2) is 5.78 Å². The van der Waals surface area contributed by atoms with E-state index in [1.54, 1.807) is 24.3 Å². The monoisotopic (exact) mass is 416 g/mol. The van der Waals surface area contributed by atoms with Crippen molar-refractivity contribution in [2.75, 3.05) is 0 Å². The topological polar surface area (TPSA) is 26.3 Å². The highest BCUT2D eigenvalue weighted by atomic mass is 19.4. The standard InChI is InChI=1S/C21H18F6O2/c22-20(23,24)18-7-2-1-6-17(18)19(28)11-13-4-3-5-14(10-13)15-8-9-16(12-15)29-21(25,26)27/h1-7,10,15-16H,8-9,11-12H2/t15-,16?/m0/s1. The van der Waals surface area contributed by atoms with E-state index in [2.05, 4.69) is 4.74 Å². The molecule has 1 fully saturated rings. The molecule has 0 aromatic heterocycles. The second-order valence-corrected chi connectivity index (χ2v) is 7.08. The van der Waals surface area contributed by atoms with Gasteiger partial charge in [0.2, 0.25) is 0 Å². The van der Waals surface area contributed by atoms with Gasteiger partial charge < -0.3 is 0 Å². The van der Waals surface area contributed by atoms with Crippen LogP contribution in [0.15, 0.2) is 48.5 Å². The number of benzene rings is 2. The summed E-state index contributed by atoms with van der Waals surface area (Å²) in [5.74, 6) is -0.820. The minimum atomic E-state index is -4.68. The Labute approximate surface area is 163 Å². The van der Waals surface area contributed by atoms with Gasteiger partial charge in [-0.15, -0.1) is 13.2 Å². The van der Waals surface area contributed by atoms with Gasteiger partial charge in [-0.05, 0) is 42.4 Å². The Bertz CT molecular complexity index is 872. The van der Waals surface area contributed by atoms with Crippen LogP contribution in [0.4, 0.5) is 26.3 Å². The Kier molecular flexibility index (Phi) is 6.03. The lowest BCUT2D eigenvalue weighted by atomic mass is 9.93. The summed E-state index contributed by atoms with van der Waals surface area (Å²) in [6, 6.07) is 11.3. The van der Waals surface area contributed by atoms with Gasteiger partial charge in [0.05, 0.1) is 11.7 Å². The average Bonchev–Trinajstić information content (AvgIpc) is 3.08. The molecule has 3 rings (SSSR count). The first-order valence-electron chi connectivity index (χ1n) is 9.06. The highest BCUT2D eigenvalue weighted by Gasteiger charge is 2.38. The summed E-state index contributed by atoms with van der Waals surface area (Å²) >= 11 is 0. The number of ketones is 1. The van der Waals surface area contributed by atoms with Crippen molar-refractivity contribution in [2.45, 2.75) is 50.2 Å². The van der Waals surface area contributed by atoms with Crippen molar-refractivity contribution >= 4 is 5.78 Å². The zero-order valence-corrected chi connectivity index (χ0v) is 15.2. The largest absolute Gasteiger partial charge is 0.522 e. The molecule has 8 heteroatoms. The molecular weight excluding hydrogens is 398 g/mol. The maximum absolute atomic E-state index is 13.1. The molecule has 1 saturated carbocycles. The molecule has 1 aliphatic carbocycles. The molecule has 0 spiro atoms. The molecule has 1 aliphatic rings. The molecule has 0 radical (unpaired) electrons. The quantitative estimate of drug-likeness (QED) is 0.422. The molecule has 2 nitrogen and oxygen atoms in total. The van der Waals surface area contributed by atoms with Crippen LogP contribution in [0.1, 0.15) is 52.2 Å². The van der Waals surface area contributed by atoms with E-state index >= 15 is 0 Å². The summed E-state index contributed by atoms with van der Waals surface area (Å²) in [5, 5.41) is 0. The molecule has 2 aromatic carbocycles. The minimum absolute atomic E-state index is 0.153.